The summed E-state index contributed by atoms with van der Waals surface area (Å²) < 4.78 is 16.0. The van der Waals surface area contributed by atoms with Crippen molar-refractivity contribution >= 4 is 17.9 Å². The van der Waals surface area contributed by atoms with E-state index < -0.39 is 22.8 Å². The molecule has 0 aliphatic carbocycles. The number of allylic oxidation sites excluding steroid dienone is 1. The summed E-state index contributed by atoms with van der Waals surface area (Å²) in [5.74, 6) is -0.929. The smallest absolute Gasteiger partial charge is 0.311 e. The lowest BCUT2D eigenvalue weighted by Crippen LogP contribution is -2.39. The van der Waals surface area contributed by atoms with Gasteiger partial charge in [-0.1, -0.05) is 90.4 Å². The number of hydrogen-bond donors (Lipinski definition) is 0. The van der Waals surface area contributed by atoms with E-state index in [2.05, 4.69) is 20.1 Å². The molecule has 0 radical (unpaired) electrons. The van der Waals surface area contributed by atoms with Crippen molar-refractivity contribution in [2.75, 3.05) is 39.6 Å². The first kappa shape index (κ1) is 42.6. The van der Waals surface area contributed by atoms with E-state index in [9.17, 15) is 14.4 Å². The van der Waals surface area contributed by atoms with Crippen LogP contribution in [0.3, 0.4) is 0 Å². The molecule has 0 bridgehead atoms. The molecule has 0 heterocycles. The Morgan fingerprint density at radius 3 is 1.78 bits per heavy atom. The fraction of sp³-hybridized carbons (Fsp3) is 0.800. The Labute approximate surface area is 272 Å². The molecule has 1 unspecified atom stereocenters. The van der Waals surface area contributed by atoms with Crippen LogP contribution in [0.25, 0.3) is 0 Å². The van der Waals surface area contributed by atoms with Crippen LogP contribution in [-0.2, 0) is 48.1 Å². The van der Waals surface area contributed by atoms with Gasteiger partial charge in [-0.3, -0.25) is 14.4 Å². The Balaban J connectivity index is 4.15. The van der Waals surface area contributed by atoms with E-state index in [-0.39, 0.29) is 57.6 Å². The summed E-state index contributed by atoms with van der Waals surface area (Å²) in [6.07, 6.45) is 13.3. The molecule has 0 aromatic heterocycles. The Morgan fingerprint density at radius 1 is 0.622 bits per heavy atom. The van der Waals surface area contributed by atoms with Crippen molar-refractivity contribution in [2.45, 2.75) is 131 Å². The molecule has 0 amide bonds. The standard InChI is InChI=1S/C35H62O10/c1-9-11-12-13-14-15-16-17-18-19-22-40-33(38)35(8,10-2)28-34(6,7)32(37)41-24-26-43-45-30(5)20-21-31(36)39-23-25-42-44-27-29(3)4/h3,5,9-28H2,1-2,4,6-8H3. The molecule has 262 valence electrons. The fourth-order valence-corrected chi connectivity index (χ4v) is 4.55. The molecule has 0 aliphatic rings. The van der Waals surface area contributed by atoms with Crippen LogP contribution in [-0.4, -0.2) is 57.5 Å². The number of rotatable bonds is 30. The fourth-order valence-electron chi connectivity index (χ4n) is 4.55. The van der Waals surface area contributed by atoms with E-state index in [1.165, 1.54) is 44.9 Å². The monoisotopic (exact) mass is 642 g/mol. The third kappa shape index (κ3) is 22.7. The molecule has 10 heteroatoms. The number of carbonyl (C=O) groups is 3. The molecule has 45 heavy (non-hydrogen) atoms. The summed E-state index contributed by atoms with van der Waals surface area (Å²) in [4.78, 5) is 57.4. The third-order valence-electron chi connectivity index (χ3n) is 7.39. The number of ether oxygens (including phenoxy) is 3. The number of carbonyl (C=O) groups excluding carboxylic acids is 3. The second-order valence-electron chi connectivity index (χ2n) is 12.6. The summed E-state index contributed by atoms with van der Waals surface area (Å²) in [6.45, 7) is 19.5. The molecule has 0 saturated heterocycles. The summed E-state index contributed by atoms with van der Waals surface area (Å²) >= 11 is 0. The lowest BCUT2D eigenvalue weighted by molar-refractivity contribution is -0.291. The maximum atomic E-state index is 13.0. The van der Waals surface area contributed by atoms with Crippen LogP contribution in [0.5, 0.6) is 0 Å². The van der Waals surface area contributed by atoms with Crippen LogP contribution in [0.15, 0.2) is 24.5 Å². The van der Waals surface area contributed by atoms with Crippen molar-refractivity contribution in [1.82, 2.24) is 0 Å². The molecule has 0 spiro atoms. The summed E-state index contributed by atoms with van der Waals surface area (Å²) in [5, 5.41) is 0. The van der Waals surface area contributed by atoms with Gasteiger partial charge in [-0.05, 0) is 47.0 Å². The van der Waals surface area contributed by atoms with E-state index in [1.807, 2.05) is 13.8 Å². The normalized spacial score (nSPS) is 12.7. The predicted octanol–water partition coefficient (Wildman–Crippen LogP) is 8.14. The van der Waals surface area contributed by atoms with E-state index in [4.69, 9.17) is 33.8 Å². The van der Waals surface area contributed by atoms with Crippen LogP contribution >= 0.6 is 0 Å². The molecule has 0 aliphatic heterocycles. The zero-order valence-electron chi connectivity index (χ0n) is 29.1. The first-order chi connectivity index (χ1) is 21.4. The van der Waals surface area contributed by atoms with Crippen molar-refractivity contribution in [3.05, 3.63) is 24.5 Å². The van der Waals surface area contributed by atoms with Crippen molar-refractivity contribution < 1.29 is 48.1 Å². The Bertz CT molecular complexity index is 853. The van der Waals surface area contributed by atoms with E-state index in [1.54, 1.807) is 20.8 Å². The largest absolute Gasteiger partial charge is 0.465 e. The lowest BCUT2D eigenvalue weighted by Gasteiger charge is -2.33. The first-order valence-electron chi connectivity index (χ1n) is 16.7. The second kappa shape index (κ2) is 25.7. The van der Waals surface area contributed by atoms with Gasteiger partial charge in [0, 0.05) is 6.42 Å². The minimum Gasteiger partial charge on any atom is -0.465 e. The minimum atomic E-state index is -0.909. The molecule has 0 aromatic carbocycles. The minimum absolute atomic E-state index is 0.0290. The highest BCUT2D eigenvalue weighted by Crippen LogP contribution is 2.38. The number of hydrogen-bond acceptors (Lipinski definition) is 10. The van der Waals surface area contributed by atoms with Crippen molar-refractivity contribution in [1.29, 1.82) is 0 Å². The third-order valence-corrected chi connectivity index (χ3v) is 7.39. The SMILES string of the molecule is C=C(C)COOCCOC(=O)CCC(=C)OOCCOC(=O)C(C)(C)CC(C)(CC)C(=O)OCCCCCCCCCCCC. The predicted molar refractivity (Wildman–Crippen MR) is 174 cm³/mol. The van der Waals surface area contributed by atoms with Gasteiger partial charge < -0.3 is 19.1 Å². The van der Waals surface area contributed by atoms with Gasteiger partial charge in [-0.2, -0.15) is 4.89 Å². The Kier molecular flexibility index (Phi) is 24.3. The molecule has 0 aromatic rings. The van der Waals surface area contributed by atoms with Gasteiger partial charge >= 0.3 is 17.9 Å². The molecule has 0 N–H and O–H groups in total. The maximum absolute atomic E-state index is 13.0. The van der Waals surface area contributed by atoms with Gasteiger partial charge in [-0.15, -0.1) is 0 Å². The lowest BCUT2D eigenvalue weighted by atomic mass is 9.72. The van der Waals surface area contributed by atoms with Gasteiger partial charge in [0.25, 0.3) is 0 Å². The topological polar surface area (TPSA) is 116 Å². The zero-order valence-corrected chi connectivity index (χ0v) is 29.1. The number of unbranched alkanes of at least 4 members (excludes halogenated alkanes) is 9. The Morgan fingerprint density at radius 2 is 1.18 bits per heavy atom. The summed E-state index contributed by atoms with van der Waals surface area (Å²) in [7, 11) is 0. The van der Waals surface area contributed by atoms with E-state index in [0.29, 0.717) is 19.4 Å². The summed E-state index contributed by atoms with van der Waals surface area (Å²) in [6, 6.07) is 0. The summed E-state index contributed by atoms with van der Waals surface area (Å²) in [5.41, 5.74) is -0.892. The molecule has 0 fully saturated rings. The van der Waals surface area contributed by atoms with E-state index in [0.717, 1.165) is 24.8 Å². The highest BCUT2D eigenvalue weighted by Gasteiger charge is 2.42. The quantitative estimate of drug-likeness (QED) is 0.0145. The average molecular weight is 643 g/mol. The molecule has 1 atom stereocenters. The Hall–Kier alpha value is -2.43. The maximum Gasteiger partial charge on any atom is 0.311 e. The molecule has 0 saturated carbocycles. The van der Waals surface area contributed by atoms with Crippen LogP contribution in [0.4, 0.5) is 0 Å². The average Bonchev–Trinajstić information content (AvgIpc) is 2.99. The van der Waals surface area contributed by atoms with Gasteiger partial charge in [0.1, 0.15) is 38.8 Å². The number of esters is 3. The second-order valence-corrected chi connectivity index (χ2v) is 12.6. The first-order valence-corrected chi connectivity index (χ1v) is 16.7. The molecular formula is C35H62O10. The van der Waals surface area contributed by atoms with Gasteiger partial charge in [0.15, 0.2) is 0 Å². The van der Waals surface area contributed by atoms with Crippen LogP contribution < -0.4 is 0 Å². The van der Waals surface area contributed by atoms with Crippen LogP contribution in [0.2, 0.25) is 0 Å². The van der Waals surface area contributed by atoms with Gasteiger partial charge in [0.05, 0.1) is 23.9 Å². The van der Waals surface area contributed by atoms with Crippen molar-refractivity contribution in [2.24, 2.45) is 10.8 Å². The van der Waals surface area contributed by atoms with Crippen molar-refractivity contribution in [3.8, 4) is 0 Å². The zero-order chi connectivity index (χ0) is 34.0. The molecule has 10 nitrogen and oxygen atoms in total. The van der Waals surface area contributed by atoms with Crippen LogP contribution in [0, 0.1) is 10.8 Å². The molecular weight excluding hydrogens is 580 g/mol. The van der Waals surface area contributed by atoms with Crippen molar-refractivity contribution in [3.63, 3.8) is 0 Å². The van der Waals surface area contributed by atoms with Crippen LogP contribution in [0.1, 0.15) is 131 Å². The van der Waals surface area contributed by atoms with Gasteiger partial charge in [-0.25, -0.2) is 9.78 Å². The highest BCUT2D eigenvalue weighted by atomic mass is 17.2. The molecule has 0 rings (SSSR count). The highest BCUT2D eigenvalue weighted by molar-refractivity contribution is 5.80. The van der Waals surface area contributed by atoms with E-state index >= 15 is 0 Å². The van der Waals surface area contributed by atoms with Gasteiger partial charge in [0.2, 0.25) is 0 Å².